The Hall–Kier alpha value is -3.46. The smallest absolute Gasteiger partial charge is 0.257 e. The number of H-pyrrole nitrogens is 1. The van der Waals surface area contributed by atoms with Gasteiger partial charge in [0.2, 0.25) is 5.91 Å². The van der Waals surface area contributed by atoms with Crippen LogP contribution in [0.15, 0.2) is 36.8 Å². The molecule has 3 aromatic rings. The summed E-state index contributed by atoms with van der Waals surface area (Å²) in [4.78, 5) is 30.9. The number of fused-ring (bicyclic) bond motifs is 1. The monoisotopic (exact) mass is 447 g/mol. The molecule has 33 heavy (non-hydrogen) atoms. The highest BCUT2D eigenvalue weighted by atomic mass is 16.2. The van der Waals surface area contributed by atoms with Crippen molar-refractivity contribution >= 4 is 17.5 Å². The fraction of sp³-hybridized carbons (Fsp3) is 0.417. The van der Waals surface area contributed by atoms with Crippen molar-refractivity contribution in [3.8, 4) is 11.3 Å². The molecule has 2 aromatic heterocycles. The van der Waals surface area contributed by atoms with Gasteiger partial charge < -0.3 is 9.80 Å². The maximum absolute atomic E-state index is 12.9. The number of nitrogens with one attached hydrogen (secondary N) is 1. The number of benzene rings is 1. The lowest BCUT2D eigenvalue weighted by molar-refractivity contribution is -0.118. The van der Waals surface area contributed by atoms with Crippen molar-refractivity contribution in [1.82, 2.24) is 29.8 Å². The molecule has 5 rings (SSSR count). The molecule has 1 unspecified atom stereocenters. The number of nitrogens with zero attached hydrogens (tertiary/aromatic N) is 6. The van der Waals surface area contributed by atoms with E-state index in [1.54, 1.807) is 22.0 Å². The van der Waals surface area contributed by atoms with Crippen molar-refractivity contribution in [2.45, 2.75) is 32.4 Å². The first-order valence-electron chi connectivity index (χ1n) is 11.3. The average molecular weight is 448 g/mol. The number of carbonyl (C=O) groups excluding carboxylic acids is 2. The second kappa shape index (κ2) is 8.47. The lowest BCUT2D eigenvalue weighted by atomic mass is 9.97. The molecule has 0 radical (unpaired) electrons. The number of aryl methyl sites for hydroxylation is 2. The third-order valence-corrected chi connectivity index (χ3v) is 6.73. The first-order valence-corrected chi connectivity index (χ1v) is 11.3. The minimum atomic E-state index is 0.0387. The van der Waals surface area contributed by atoms with E-state index in [1.165, 1.54) is 5.56 Å². The van der Waals surface area contributed by atoms with Crippen LogP contribution in [-0.4, -0.2) is 74.3 Å². The average Bonchev–Trinajstić information content (AvgIpc) is 3.45. The van der Waals surface area contributed by atoms with E-state index in [2.05, 4.69) is 33.2 Å². The molecule has 1 aromatic carbocycles. The standard InChI is InChI=1S/C24H29N7O2/c1-16-13-30(8-9-31(16)24(33)20-12-26-28(2)14-20)15-19-11-25-27-23(19)18-4-6-21-17(10-18)5-7-22(32)29(21)3/h4,6,10-12,14,16H,5,7-9,13,15H2,1-3H3,(H,25,27). The molecule has 9 nitrogen and oxygen atoms in total. The zero-order valence-electron chi connectivity index (χ0n) is 19.3. The first-order chi connectivity index (χ1) is 15.9. The number of carbonyl (C=O) groups is 2. The van der Waals surface area contributed by atoms with Crippen LogP contribution in [-0.2, 0) is 24.8 Å². The minimum Gasteiger partial charge on any atom is -0.333 e. The van der Waals surface area contributed by atoms with E-state index in [0.29, 0.717) is 18.5 Å². The second-order valence-electron chi connectivity index (χ2n) is 9.04. The van der Waals surface area contributed by atoms with Crippen molar-refractivity contribution in [3.63, 3.8) is 0 Å². The molecule has 9 heteroatoms. The number of piperazine rings is 1. The van der Waals surface area contributed by atoms with Crippen LogP contribution < -0.4 is 4.90 Å². The molecule has 2 aliphatic rings. The van der Waals surface area contributed by atoms with Gasteiger partial charge in [-0.3, -0.25) is 24.3 Å². The number of aromatic nitrogens is 4. The molecule has 4 heterocycles. The van der Waals surface area contributed by atoms with Gasteiger partial charge in [0, 0.05) is 81.9 Å². The van der Waals surface area contributed by atoms with Gasteiger partial charge in [0.1, 0.15) is 0 Å². The Bertz CT molecular complexity index is 1200. The van der Waals surface area contributed by atoms with Crippen molar-refractivity contribution in [1.29, 1.82) is 0 Å². The number of aromatic amines is 1. The van der Waals surface area contributed by atoms with Gasteiger partial charge in [-0.2, -0.15) is 10.2 Å². The molecular formula is C24H29N7O2. The predicted molar refractivity (Wildman–Crippen MR) is 125 cm³/mol. The van der Waals surface area contributed by atoms with Gasteiger partial charge in [-0.15, -0.1) is 0 Å². The summed E-state index contributed by atoms with van der Waals surface area (Å²) in [7, 11) is 3.65. The van der Waals surface area contributed by atoms with E-state index in [-0.39, 0.29) is 17.9 Å². The van der Waals surface area contributed by atoms with E-state index in [9.17, 15) is 9.59 Å². The van der Waals surface area contributed by atoms with E-state index >= 15 is 0 Å². The zero-order chi connectivity index (χ0) is 23.1. The van der Waals surface area contributed by atoms with Crippen LogP contribution in [0.5, 0.6) is 0 Å². The maximum atomic E-state index is 12.9. The molecule has 1 saturated heterocycles. The molecule has 1 N–H and O–H groups in total. The Labute approximate surface area is 193 Å². The third kappa shape index (κ3) is 4.04. The highest BCUT2D eigenvalue weighted by molar-refractivity contribution is 5.96. The Balaban J connectivity index is 1.28. The molecular weight excluding hydrogens is 418 g/mol. The topological polar surface area (TPSA) is 90.4 Å². The summed E-state index contributed by atoms with van der Waals surface area (Å²) in [5, 5.41) is 11.7. The summed E-state index contributed by atoms with van der Waals surface area (Å²) in [5.41, 5.74) is 5.93. The zero-order valence-corrected chi connectivity index (χ0v) is 19.3. The fourth-order valence-corrected chi connectivity index (χ4v) is 4.91. The molecule has 172 valence electrons. The van der Waals surface area contributed by atoms with Crippen molar-refractivity contribution < 1.29 is 9.59 Å². The van der Waals surface area contributed by atoms with E-state index in [0.717, 1.165) is 48.6 Å². The summed E-state index contributed by atoms with van der Waals surface area (Å²) >= 11 is 0. The number of amides is 2. The van der Waals surface area contributed by atoms with Gasteiger partial charge in [-0.05, 0) is 31.0 Å². The van der Waals surface area contributed by atoms with Gasteiger partial charge in [0.25, 0.3) is 5.91 Å². The summed E-state index contributed by atoms with van der Waals surface area (Å²) in [6.07, 6.45) is 6.66. The summed E-state index contributed by atoms with van der Waals surface area (Å²) in [6.45, 7) is 5.14. The highest BCUT2D eigenvalue weighted by Gasteiger charge is 2.29. The van der Waals surface area contributed by atoms with Gasteiger partial charge in [0.05, 0.1) is 17.5 Å². The predicted octanol–water partition coefficient (Wildman–Crippen LogP) is 2.07. The van der Waals surface area contributed by atoms with Crippen LogP contribution in [0, 0.1) is 0 Å². The lowest BCUT2D eigenvalue weighted by Crippen LogP contribution is -2.53. The molecule has 0 spiro atoms. The molecule has 0 saturated carbocycles. The SMILES string of the molecule is CC1CN(Cc2c[nH]nc2-c2ccc3c(c2)CCC(=O)N3C)CCN1C(=O)c1cnn(C)c1. The van der Waals surface area contributed by atoms with Gasteiger partial charge >= 0.3 is 0 Å². The normalized spacial score (nSPS) is 19.1. The Morgan fingerprint density at radius 3 is 2.82 bits per heavy atom. The Kier molecular flexibility index (Phi) is 5.49. The fourth-order valence-electron chi connectivity index (χ4n) is 4.91. The van der Waals surface area contributed by atoms with Crippen LogP contribution in [0.4, 0.5) is 5.69 Å². The molecule has 1 fully saturated rings. The lowest BCUT2D eigenvalue weighted by Gasteiger charge is -2.39. The van der Waals surface area contributed by atoms with Gasteiger partial charge in [-0.25, -0.2) is 0 Å². The van der Waals surface area contributed by atoms with Crippen LogP contribution in [0.25, 0.3) is 11.3 Å². The molecule has 0 bridgehead atoms. The van der Waals surface area contributed by atoms with Crippen LogP contribution >= 0.6 is 0 Å². The third-order valence-electron chi connectivity index (χ3n) is 6.73. The number of hydrogen-bond acceptors (Lipinski definition) is 5. The minimum absolute atomic E-state index is 0.0387. The maximum Gasteiger partial charge on any atom is 0.257 e. The van der Waals surface area contributed by atoms with E-state index in [1.807, 2.05) is 37.3 Å². The van der Waals surface area contributed by atoms with E-state index in [4.69, 9.17) is 0 Å². The molecule has 0 aliphatic carbocycles. The highest BCUT2D eigenvalue weighted by Crippen LogP contribution is 2.32. The molecule has 2 aliphatic heterocycles. The number of hydrogen-bond donors (Lipinski definition) is 1. The van der Waals surface area contributed by atoms with Crippen molar-refractivity contribution in [2.24, 2.45) is 7.05 Å². The second-order valence-corrected chi connectivity index (χ2v) is 9.04. The number of rotatable bonds is 4. The largest absolute Gasteiger partial charge is 0.333 e. The van der Waals surface area contributed by atoms with E-state index < -0.39 is 0 Å². The van der Waals surface area contributed by atoms with Gasteiger partial charge in [-0.1, -0.05) is 6.07 Å². The molecule has 1 atom stereocenters. The van der Waals surface area contributed by atoms with Crippen molar-refractivity contribution in [2.75, 3.05) is 31.6 Å². The van der Waals surface area contributed by atoms with Crippen molar-refractivity contribution in [3.05, 3.63) is 53.5 Å². The van der Waals surface area contributed by atoms with Crippen LogP contribution in [0.3, 0.4) is 0 Å². The van der Waals surface area contributed by atoms with Crippen LogP contribution in [0.2, 0.25) is 0 Å². The summed E-state index contributed by atoms with van der Waals surface area (Å²) in [5.74, 6) is 0.197. The Morgan fingerprint density at radius 1 is 1.21 bits per heavy atom. The first kappa shape index (κ1) is 21.4. The number of anilines is 1. The Morgan fingerprint density at radius 2 is 2.06 bits per heavy atom. The summed E-state index contributed by atoms with van der Waals surface area (Å²) < 4.78 is 1.66. The van der Waals surface area contributed by atoms with Crippen LogP contribution in [0.1, 0.15) is 34.8 Å². The summed E-state index contributed by atoms with van der Waals surface area (Å²) in [6, 6.07) is 6.33. The quantitative estimate of drug-likeness (QED) is 0.661. The molecule has 2 amide bonds. The van der Waals surface area contributed by atoms with Gasteiger partial charge in [0.15, 0.2) is 0 Å².